The van der Waals surface area contributed by atoms with Crippen LogP contribution in [0.2, 0.25) is 0 Å². The fourth-order valence-corrected chi connectivity index (χ4v) is 1.33. The van der Waals surface area contributed by atoms with Gasteiger partial charge in [-0.05, 0) is 27.2 Å². The van der Waals surface area contributed by atoms with E-state index in [0.717, 1.165) is 17.9 Å². The van der Waals surface area contributed by atoms with E-state index in [0.29, 0.717) is 6.61 Å². The van der Waals surface area contributed by atoms with Crippen molar-refractivity contribution in [3.63, 3.8) is 0 Å². The van der Waals surface area contributed by atoms with Crippen molar-refractivity contribution in [1.29, 1.82) is 0 Å². The van der Waals surface area contributed by atoms with Gasteiger partial charge in [-0.25, -0.2) is 4.99 Å². The standard InChI is InChI=1S/C10H16BrNO/c1-5-8(11)7(2)9-12-10(3,4)6-13-9/h5-6H2,1-4H3/b8-7+. The molecular weight excluding hydrogens is 230 g/mol. The van der Waals surface area contributed by atoms with E-state index in [1.807, 2.05) is 6.92 Å². The number of ether oxygens (including phenoxy) is 1. The Hall–Kier alpha value is -0.310. The molecule has 0 saturated carbocycles. The van der Waals surface area contributed by atoms with Gasteiger partial charge in [-0.1, -0.05) is 22.9 Å². The first-order valence-electron chi connectivity index (χ1n) is 4.54. The molecule has 0 saturated heterocycles. The van der Waals surface area contributed by atoms with E-state index in [2.05, 4.69) is 41.7 Å². The Balaban J connectivity index is 2.87. The largest absolute Gasteiger partial charge is 0.475 e. The van der Waals surface area contributed by atoms with Gasteiger partial charge >= 0.3 is 0 Å². The molecule has 0 atom stereocenters. The van der Waals surface area contributed by atoms with Crippen LogP contribution in [0.25, 0.3) is 0 Å². The average Bonchev–Trinajstić information content (AvgIpc) is 2.43. The molecule has 0 bridgehead atoms. The minimum Gasteiger partial charge on any atom is -0.475 e. The summed E-state index contributed by atoms with van der Waals surface area (Å²) in [5, 5.41) is 0. The third kappa shape index (κ3) is 2.56. The van der Waals surface area contributed by atoms with Crippen LogP contribution in [-0.4, -0.2) is 18.0 Å². The van der Waals surface area contributed by atoms with Crippen LogP contribution in [0.5, 0.6) is 0 Å². The van der Waals surface area contributed by atoms with Gasteiger partial charge in [0.15, 0.2) is 0 Å². The molecule has 0 N–H and O–H groups in total. The van der Waals surface area contributed by atoms with Crippen molar-refractivity contribution in [1.82, 2.24) is 0 Å². The fraction of sp³-hybridized carbons (Fsp3) is 0.700. The van der Waals surface area contributed by atoms with E-state index in [9.17, 15) is 0 Å². The summed E-state index contributed by atoms with van der Waals surface area (Å²) in [4.78, 5) is 4.50. The summed E-state index contributed by atoms with van der Waals surface area (Å²) in [5.41, 5.74) is 1.06. The molecule has 0 aliphatic carbocycles. The van der Waals surface area contributed by atoms with Crippen LogP contribution < -0.4 is 0 Å². The van der Waals surface area contributed by atoms with Crippen molar-refractivity contribution in [3.8, 4) is 0 Å². The first-order chi connectivity index (χ1) is 5.96. The topological polar surface area (TPSA) is 21.6 Å². The van der Waals surface area contributed by atoms with Crippen LogP contribution in [-0.2, 0) is 4.74 Å². The lowest BCUT2D eigenvalue weighted by atomic mass is 10.1. The minimum absolute atomic E-state index is 0.0579. The molecule has 74 valence electrons. The highest BCUT2D eigenvalue weighted by Gasteiger charge is 2.27. The summed E-state index contributed by atoms with van der Waals surface area (Å²) < 4.78 is 6.69. The van der Waals surface area contributed by atoms with Crippen LogP contribution in [0.3, 0.4) is 0 Å². The Bertz CT molecular complexity index is 266. The highest BCUT2D eigenvalue weighted by atomic mass is 79.9. The maximum atomic E-state index is 5.52. The lowest BCUT2D eigenvalue weighted by Crippen LogP contribution is -2.17. The van der Waals surface area contributed by atoms with Gasteiger partial charge in [0, 0.05) is 10.1 Å². The molecule has 0 unspecified atom stereocenters. The summed E-state index contributed by atoms with van der Waals surface area (Å²) >= 11 is 3.51. The van der Waals surface area contributed by atoms with E-state index in [4.69, 9.17) is 4.74 Å². The van der Waals surface area contributed by atoms with Crippen LogP contribution in [0.15, 0.2) is 15.0 Å². The molecule has 1 rings (SSSR count). The highest BCUT2D eigenvalue weighted by molar-refractivity contribution is 9.11. The number of hydrogen-bond donors (Lipinski definition) is 0. The van der Waals surface area contributed by atoms with Gasteiger partial charge in [0.25, 0.3) is 0 Å². The number of halogens is 1. The van der Waals surface area contributed by atoms with E-state index in [1.54, 1.807) is 0 Å². The van der Waals surface area contributed by atoms with E-state index >= 15 is 0 Å². The first kappa shape index (κ1) is 10.8. The molecule has 2 nitrogen and oxygen atoms in total. The second-order valence-corrected chi connectivity index (χ2v) is 4.86. The van der Waals surface area contributed by atoms with E-state index in [-0.39, 0.29) is 5.54 Å². The Labute approximate surface area is 88.2 Å². The predicted molar refractivity (Wildman–Crippen MR) is 59.4 cm³/mol. The molecule has 13 heavy (non-hydrogen) atoms. The lowest BCUT2D eigenvalue weighted by Gasteiger charge is -2.07. The minimum atomic E-state index is -0.0579. The first-order valence-corrected chi connectivity index (χ1v) is 5.34. The van der Waals surface area contributed by atoms with Crippen molar-refractivity contribution >= 4 is 21.8 Å². The summed E-state index contributed by atoms with van der Waals surface area (Å²) in [6.07, 6.45) is 0.981. The summed E-state index contributed by atoms with van der Waals surface area (Å²) in [7, 11) is 0. The van der Waals surface area contributed by atoms with Crippen molar-refractivity contribution < 1.29 is 4.74 Å². The average molecular weight is 246 g/mol. The third-order valence-electron chi connectivity index (χ3n) is 2.00. The van der Waals surface area contributed by atoms with Gasteiger partial charge in [0.1, 0.15) is 6.61 Å². The normalized spacial score (nSPS) is 22.1. The Morgan fingerprint density at radius 2 is 2.23 bits per heavy atom. The van der Waals surface area contributed by atoms with Gasteiger partial charge in [-0.3, -0.25) is 0 Å². The monoisotopic (exact) mass is 245 g/mol. The number of nitrogens with zero attached hydrogens (tertiary/aromatic N) is 1. The summed E-state index contributed by atoms with van der Waals surface area (Å²) in [6, 6.07) is 0. The molecule has 0 aromatic heterocycles. The van der Waals surface area contributed by atoms with Crippen molar-refractivity contribution in [2.45, 2.75) is 39.7 Å². The molecule has 0 spiro atoms. The molecule has 0 amide bonds. The highest BCUT2D eigenvalue weighted by Crippen LogP contribution is 2.24. The molecule has 3 heteroatoms. The zero-order chi connectivity index (χ0) is 10.1. The second kappa shape index (κ2) is 3.82. The molecular formula is C10H16BrNO. The van der Waals surface area contributed by atoms with Crippen LogP contribution >= 0.6 is 15.9 Å². The maximum absolute atomic E-state index is 5.52. The van der Waals surface area contributed by atoms with Crippen molar-refractivity contribution in [3.05, 3.63) is 10.1 Å². The fourth-order valence-electron chi connectivity index (χ4n) is 1.16. The number of allylic oxidation sites excluding steroid dienone is 1. The maximum Gasteiger partial charge on any atom is 0.213 e. The summed E-state index contributed by atoms with van der Waals surface area (Å²) in [5.74, 6) is 0.790. The Kier molecular flexibility index (Phi) is 3.17. The van der Waals surface area contributed by atoms with Gasteiger partial charge < -0.3 is 4.74 Å². The molecule has 1 aliphatic heterocycles. The van der Waals surface area contributed by atoms with Crippen LogP contribution in [0.4, 0.5) is 0 Å². The molecule has 0 aromatic carbocycles. The Morgan fingerprint density at radius 3 is 2.62 bits per heavy atom. The predicted octanol–water partition coefficient (Wildman–Crippen LogP) is 3.27. The van der Waals surface area contributed by atoms with Crippen molar-refractivity contribution in [2.24, 2.45) is 4.99 Å². The third-order valence-corrected chi connectivity index (χ3v) is 3.16. The molecule has 0 radical (unpaired) electrons. The van der Waals surface area contributed by atoms with E-state index < -0.39 is 0 Å². The molecule has 0 fully saturated rings. The van der Waals surface area contributed by atoms with Crippen LogP contribution in [0, 0.1) is 0 Å². The molecule has 0 aromatic rings. The lowest BCUT2D eigenvalue weighted by molar-refractivity contribution is 0.279. The zero-order valence-corrected chi connectivity index (χ0v) is 10.2. The van der Waals surface area contributed by atoms with Crippen molar-refractivity contribution in [2.75, 3.05) is 6.61 Å². The zero-order valence-electron chi connectivity index (χ0n) is 8.65. The second-order valence-electron chi connectivity index (χ2n) is 3.90. The number of hydrogen-bond acceptors (Lipinski definition) is 2. The summed E-state index contributed by atoms with van der Waals surface area (Å²) in [6.45, 7) is 8.98. The quantitative estimate of drug-likeness (QED) is 0.732. The number of aliphatic imine (C=N–C) groups is 1. The van der Waals surface area contributed by atoms with Gasteiger partial charge in [-0.15, -0.1) is 0 Å². The van der Waals surface area contributed by atoms with E-state index in [1.165, 1.54) is 4.48 Å². The SMILES string of the molecule is CC/C(Br)=C(/C)C1=NC(C)(C)CO1. The van der Waals surface area contributed by atoms with Gasteiger partial charge in [0.05, 0.1) is 5.54 Å². The smallest absolute Gasteiger partial charge is 0.213 e. The Morgan fingerprint density at radius 1 is 1.62 bits per heavy atom. The molecule has 1 aliphatic rings. The van der Waals surface area contributed by atoms with Gasteiger partial charge in [-0.2, -0.15) is 0 Å². The number of rotatable bonds is 2. The molecule has 1 heterocycles. The van der Waals surface area contributed by atoms with Gasteiger partial charge in [0.2, 0.25) is 5.90 Å². The van der Waals surface area contributed by atoms with Crippen LogP contribution in [0.1, 0.15) is 34.1 Å².